The van der Waals surface area contributed by atoms with Gasteiger partial charge in [-0.3, -0.25) is 0 Å². The van der Waals surface area contributed by atoms with Crippen molar-refractivity contribution in [3.05, 3.63) is 45.6 Å². The van der Waals surface area contributed by atoms with Gasteiger partial charge >= 0.3 is 0 Å². The van der Waals surface area contributed by atoms with Crippen molar-refractivity contribution in [2.24, 2.45) is 0 Å². The van der Waals surface area contributed by atoms with Crippen LogP contribution in [0, 0.1) is 0 Å². The highest BCUT2D eigenvalue weighted by molar-refractivity contribution is 7.09. The van der Waals surface area contributed by atoms with Crippen molar-refractivity contribution in [3.8, 4) is 0 Å². The number of hydrogen-bond donors (Lipinski definition) is 1. The van der Waals surface area contributed by atoms with Crippen molar-refractivity contribution in [2.45, 2.75) is 13.0 Å². The fourth-order valence-electron chi connectivity index (χ4n) is 1.32. The van der Waals surface area contributed by atoms with Gasteiger partial charge in [-0.25, -0.2) is 9.97 Å². The van der Waals surface area contributed by atoms with E-state index in [0.717, 1.165) is 25.1 Å². The third kappa shape index (κ3) is 3.56. The van der Waals surface area contributed by atoms with Crippen molar-refractivity contribution in [3.63, 3.8) is 0 Å². The van der Waals surface area contributed by atoms with Crippen molar-refractivity contribution in [1.29, 1.82) is 0 Å². The van der Waals surface area contributed by atoms with Crippen LogP contribution in [0.5, 0.6) is 0 Å². The third-order valence-electron chi connectivity index (χ3n) is 2.12. The van der Waals surface area contributed by atoms with Gasteiger partial charge in [-0.05, 0) is 11.6 Å². The number of aromatic nitrogens is 2. The van der Waals surface area contributed by atoms with E-state index in [1.165, 1.54) is 5.01 Å². The van der Waals surface area contributed by atoms with E-state index >= 15 is 0 Å². The standard InChI is InChI=1S/C11H12ClN3S/c12-10-2-1-9(8-15-10)7-13-4-3-11-14-5-6-16-11/h1-2,5-6,8,13H,3-4,7H2. The van der Waals surface area contributed by atoms with E-state index in [9.17, 15) is 0 Å². The van der Waals surface area contributed by atoms with Crippen LogP contribution in [0.1, 0.15) is 10.6 Å². The molecule has 0 aromatic carbocycles. The lowest BCUT2D eigenvalue weighted by Crippen LogP contribution is -2.16. The van der Waals surface area contributed by atoms with Crippen LogP contribution >= 0.6 is 22.9 Å². The normalized spacial score (nSPS) is 10.6. The first kappa shape index (κ1) is 11.5. The molecule has 0 aliphatic heterocycles. The molecule has 0 aliphatic carbocycles. The van der Waals surface area contributed by atoms with Gasteiger partial charge in [0.25, 0.3) is 0 Å². The summed E-state index contributed by atoms with van der Waals surface area (Å²) in [5.74, 6) is 0. The number of pyridine rings is 1. The largest absolute Gasteiger partial charge is 0.312 e. The molecule has 2 rings (SSSR count). The van der Waals surface area contributed by atoms with Gasteiger partial charge in [-0.1, -0.05) is 17.7 Å². The minimum Gasteiger partial charge on any atom is -0.312 e. The van der Waals surface area contributed by atoms with Gasteiger partial charge in [0, 0.05) is 37.3 Å². The van der Waals surface area contributed by atoms with Gasteiger partial charge in [0.15, 0.2) is 0 Å². The zero-order valence-electron chi connectivity index (χ0n) is 8.69. The Bertz CT molecular complexity index is 413. The first-order valence-corrected chi connectivity index (χ1v) is 6.30. The molecule has 0 spiro atoms. The summed E-state index contributed by atoms with van der Waals surface area (Å²) in [6, 6.07) is 3.78. The molecule has 84 valence electrons. The number of rotatable bonds is 5. The monoisotopic (exact) mass is 253 g/mol. The molecule has 16 heavy (non-hydrogen) atoms. The highest BCUT2D eigenvalue weighted by atomic mass is 35.5. The molecule has 5 heteroatoms. The number of halogens is 1. The molecule has 2 aromatic heterocycles. The van der Waals surface area contributed by atoms with Crippen LogP contribution in [0.4, 0.5) is 0 Å². The van der Waals surface area contributed by atoms with Gasteiger partial charge in [0.05, 0.1) is 5.01 Å². The summed E-state index contributed by atoms with van der Waals surface area (Å²) in [5, 5.41) is 7.04. The Labute approximate surface area is 104 Å². The second-order valence-electron chi connectivity index (χ2n) is 3.34. The van der Waals surface area contributed by atoms with Crippen LogP contribution in [-0.4, -0.2) is 16.5 Å². The molecule has 0 aliphatic rings. The lowest BCUT2D eigenvalue weighted by Gasteiger charge is -2.03. The molecule has 2 heterocycles. The zero-order chi connectivity index (χ0) is 11.2. The molecule has 0 saturated heterocycles. The molecular formula is C11H12ClN3S. The predicted molar refractivity (Wildman–Crippen MR) is 66.8 cm³/mol. The summed E-state index contributed by atoms with van der Waals surface area (Å²) in [7, 11) is 0. The van der Waals surface area contributed by atoms with E-state index < -0.39 is 0 Å². The van der Waals surface area contributed by atoms with Crippen molar-refractivity contribution in [2.75, 3.05) is 6.54 Å². The molecule has 0 amide bonds. The lowest BCUT2D eigenvalue weighted by molar-refractivity contribution is 0.683. The molecule has 0 radical (unpaired) electrons. The average Bonchev–Trinajstić information content (AvgIpc) is 2.80. The van der Waals surface area contributed by atoms with Crippen LogP contribution in [0.2, 0.25) is 5.15 Å². The average molecular weight is 254 g/mol. The second-order valence-corrected chi connectivity index (χ2v) is 4.71. The van der Waals surface area contributed by atoms with E-state index in [1.807, 2.05) is 17.6 Å². The van der Waals surface area contributed by atoms with Crippen LogP contribution < -0.4 is 5.32 Å². The fourth-order valence-corrected chi connectivity index (χ4v) is 2.05. The Morgan fingerprint density at radius 3 is 2.94 bits per heavy atom. The molecule has 2 aromatic rings. The second kappa shape index (κ2) is 5.94. The molecule has 3 nitrogen and oxygen atoms in total. The Hall–Kier alpha value is -0.970. The lowest BCUT2D eigenvalue weighted by atomic mass is 10.3. The summed E-state index contributed by atoms with van der Waals surface area (Å²) in [5.41, 5.74) is 1.14. The molecule has 0 bridgehead atoms. The van der Waals surface area contributed by atoms with Gasteiger partial charge in [0.2, 0.25) is 0 Å². The Kier molecular flexibility index (Phi) is 4.27. The minimum atomic E-state index is 0.534. The topological polar surface area (TPSA) is 37.8 Å². The van der Waals surface area contributed by atoms with E-state index in [1.54, 1.807) is 23.6 Å². The van der Waals surface area contributed by atoms with Crippen LogP contribution in [0.15, 0.2) is 29.9 Å². The maximum Gasteiger partial charge on any atom is 0.129 e. The molecule has 0 saturated carbocycles. The summed E-state index contributed by atoms with van der Waals surface area (Å²) >= 11 is 7.39. The highest BCUT2D eigenvalue weighted by Gasteiger charge is 1.96. The van der Waals surface area contributed by atoms with E-state index in [2.05, 4.69) is 15.3 Å². The van der Waals surface area contributed by atoms with Crippen LogP contribution in [0.25, 0.3) is 0 Å². The highest BCUT2D eigenvalue weighted by Crippen LogP contribution is 2.05. The van der Waals surface area contributed by atoms with E-state index in [4.69, 9.17) is 11.6 Å². The fraction of sp³-hybridized carbons (Fsp3) is 0.273. The van der Waals surface area contributed by atoms with Gasteiger partial charge in [0.1, 0.15) is 5.15 Å². The van der Waals surface area contributed by atoms with Crippen molar-refractivity contribution < 1.29 is 0 Å². The van der Waals surface area contributed by atoms with Crippen LogP contribution in [-0.2, 0) is 13.0 Å². The predicted octanol–water partition coefficient (Wildman–Crippen LogP) is 2.52. The minimum absolute atomic E-state index is 0.534. The molecule has 0 atom stereocenters. The zero-order valence-corrected chi connectivity index (χ0v) is 10.3. The summed E-state index contributed by atoms with van der Waals surface area (Å²) < 4.78 is 0. The van der Waals surface area contributed by atoms with Crippen molar-refractivity contribution >= 4 is 22.9 Å². The Balaban J connectivity index is 1.70. The molecule has 0 fully saturated rings. The number of nitrogens with one attached hydrogen (secondary N) is 1. The summed E-state index contributed by atoms with van der Waals surface area (Å²) in [4.78, 5) is 8.24. The summed E-state index contributed by atoms with van der Waals surface area (Å²) in [6.07, 6.45) is 4.60. The van der Waals surface area contributed by atoms with Gasteiger partial charge < -0.3 is 5.32 Å². The first-order valence-electron chi connectivity index (χ1n) is 5.04. The number of nitrogens with zero attached hydrogens (tertiary/aromatic N) is 2. The van der Waals surface area contributed by atoms with E-state index in [0.29, 0.717) is 5.15 Å². The smallest absolute Gasteiger partial charge is 0.129 e. The first-order chi connectivity index (χ1) is 7.84. The third-order valence-corrected chi connectivity index (χ3v) is 3.18. The van der Waals surface area contributed by atoms with E-state index in [-0.39, 0.29) is 0 Å². The SMILES string of the molecule is Clc1ccc(CNCCc2nccs2)cn1. The maximum atomic E-state index is 5.70. The Morgan fingerprint density at radius 2 is 2.25 bits per heavy atom. The van der Waals surface area contributed by atoms with Gasteiger partial charge in [-0.2, -0.15) is 0 Å². The Morgan fingerprint density at radius 1 is 1.31 bits per heavy atom. The number of thiazole rings is 1. The molecule has 0 unspecified atom stereocenters. The van der Waals surface area contributed by atoms with Crippen LogP contribution in [0.3, 0.4) is 0 Å². The maximum absolute atomic E-state index is 5.70. The van der Waals surface area contributed by atoms with Gasteiger partial charge in [-0.15, -0.1) is 11.3 Å². The number of hydrogen-bond acceptors (Lipinski definition) is 4. The van der Waals surface area contributed by atoms with Crippen molar-refractivity contribution in [1.82, 2.24) is 15.3 Å². The quantitative estimate of drug-likeness (QED) is 0.657. The molecular weight excluding hydrogens is 242 g/mol. The summed E-state index contributed by atoms with van der Waals surface area (Å²) in [6.45, 7) is 1.74. The molecule has 1 N–H and O–H groups in total.